The molecule has 0 fully saturated rings. The molecule has 0 saturated heterocycles. The van der Waals surface area contributed by atoms with E-state index >= 15 is 0 Å². The summed E-state index contributed by atoms with van der Waals surface area (Å²) in [7, 11) is 4.45. The van der Waals surface area contributed by atoms with E-state index in [0.29, 0.717) is 39.6 Å². The molecular weight excluding hydrogens is 372 g/mol. The molecule has 0 amide bonds. The lowest BCUT2D eigenvalue weighted by molar-refractivity contribution is 0.0941. The fourth-order valence-electron chi connectivity index (χ4n) is 3.05. The van der Waals surface area contributed by atoms with Gasteiger partial charge in [-0.05, 0) is 38.1 Å². The van der Waals surface area contributed by atoms with Crippen LogP contribution in [0.15, 0.2) is 42.5 Å². The van der Waals surface area contributed by atoms with Gasteiger partial charge < -0.3 is 14.2 Å². The molecule has 1 heterocycles. The van der Waals surface area contributed by atoms with Gasteiger partial charge in [-0.3, -0.25) is 9.59 Å². The lowest BCUT2D eigenvalue weighted by atomic mass is 10.0. The highest BCUT2D eigenvalue weighted by molar-refractivity contribution is 6.10. The highest BCUT2D eigenvalue weighted by atomic mass is 16.5. The molecule has 29 heavy (non-hydrogen) atoms. The van der Waals surface area contributed by atoms with Gasteiger partial charge in [-0.25, -0.2) is 4.68 Å². The lowest BCUT2D eigenvalue weighted by Crippen LogP contribution is -2.16. The summed E-state index contributed by atoms with van der Waals surface area (Å²) in [4.78, 5) is 26.0. The number of rotatable bonds is 6. The third kappa shape index (κ3) is 3.59. The van der Waals surface area contributed by atoms with Gasteiger partial charge in [0.25, 0.3) is 5.91 Å². The number of nitrogens with zero attached hydrogens (tertiary/aromatic N) is 2. The fraction of sp³-hybridized carbons (Fsp3) is 0.227. The van der Waals surface area contributed by atoms with Crippen molar-refractivity contribution in [3.05, 3.63) is 70.5 Å². The van der Waals surface area contributed by atoms with Crippen LogP contribution in [0.3, 0.4) is 0 Å². The summed E-state index contributed by atoms with van der Waals surface area (Å²) >= 11 is 0. The second kappa shape index (κ2) is 8.18. The monoisotopic (exact) mass is 394 g/mol. The van der Waals surface area contributed by atoms with Crippen LogP contribution in [0.25, 0.3) is 0 Å². The van der Waals surface area contributed by atoms with Gasteiger partial charge in [0.2, 0.25) is 11.5 Å². The van der Waals surface area contributed by atoms with Crippen LogP contribution in [0.2, 0.25) is 0 Å². The van der Waals surface area contributed by atoms with Crippen LogP contribution in [0.4, 0.5) is 0 Å². The Bertz CT molecular complexity index is 1050. The first-order valence-electron chi connectivity index (χ1n) is 8.93. The summed E-state index contributed by atoms with van der Waals surface area (Å²) in [6.07, 6.45) is 0. The topological polar surface area (TPSA) is 79.7 Å². The van der Waals surface area contributed by atoms with Crippen LogP contribution in [0, 0.1) is 13.8 Å². The zero-order chi connectivity index (χ0) is 21.1. The molecule has 3 aromatic rings. The van der Waals surface area contributed by atoms with Crippen molar-refractivity contribution < 1.29 is 23.8 Å². The summed E-state index contributed by atoms with van der Waals surface area (Å²) in [5.74, 6) is 0.484. The van der Waals surface area contributed by atoms with Gasteiger partial charge >= 0.3 is 0 Å². The van der Waals surface area contributed by atoms with E-state index in [9.17, 15) is 9.59 Å². The van der Waals surface area contributed by atoms with Gasteiger partial charge in [0.1, 0.15) is 5.69 Å². The van der Waals surface area contributed by atoms with Crippen molar-refractivity contribution in [1.82, 2.24) is 9.78 Å². The maximum atomic E-state index is 13.2. The number of hydrogen-bond donors (Lipinski definition) is 0. The minimum atomic E-state index is -0.343. The predicted molar refractivity (Wildman–Crippen MR) is 107 cm³/mol. The molecule has 0 unspecified atom stereocenters. The molecule has 150 valence electrons. The van der Waals surface area contributed by atoms with Crippen LogP contribution in [0.1, 0.15) is 37.7 Å². The van der Waals surface area contributed by atoms with Crippen molar-refractivity contribution in [3.8, 4) is 17.2 Å². The molecule has 7 heteroatoms. The number of ketones is 1. The molecule has 0 N–H and O–H groups in total. The molecule has 0 spiro atoms. The van der Waals surface area contributed by atoms with Gasteiger partial charge in [0.05, 0.1) is 21.3 Å². The number of hydrogen-bond acceptors (Lipinski definition) is 6. The van der Waals surface area contributed by atoms with Crippen molar-refractivity contribution in [1.29, 1.82) is 0 Å². The van der Waals surface area contributed by atoms with E-state index < -0.39 is 0 Å². The maximum Gasteiger partial charge on any atom is 0.278 e. The van der Waals surface area contributed by atoms with Crippen molar-refractivity contribution in [2.75, 3.05) is 21.3 Å². The molecule has 0 saturated carbocycles. The van der Waals surface area contributed by atoms with Crippen molar-refractivity contribution in [3.63, 3.8) is 0 Å². The van der Waals surface area contributed by atoms with E-state index in [1.54, 1.807) is 50.2 Å². The summed E-state index contributed by atoms with van der Waals surface area (Å²) < 4.78 is 17.2. The quantitative estimate of drug-likeness (QED) is 0.596. The molecule has 0 aliphatic carbocycles. The van der Waals surface area contributed by atoms with Crippen LogP contribution < -0.4 is 14.2 Å². The molecule has 0 aliphatic rings. The predicted octanol–water partition coefficient (Wildman–Crippen LogP) is 3.45. The van der Waals surface area contributed by atoms with E-state index in [1.807, 2.05) is 6.07 Å². The Kier molecular flexibility index (Phi) is 5.68. The van der Waals surface area contributed by atoms with E-state index in [1.165, 1.54) is 26.0 Å². The number of methoxy groups -OCH3 is 3. The largest absolute Gasteiger partial charge is 0.493 e. The highest BCUT2D eigenvalue weighted by Gasteiger charge is 2.25. The molecule has 0 radical (unpaired) electrons. The van der Waals surface area contributed by atoms with Gasteiger partial charge in [-0.15, -0.1) is 0 Å². The van der Waals surface area contributed by atoms with Crippen molar-refractivity contribution in [2.45, 2.75) is 13.8 Å². The average Bonchev–Trinajstić information content (AvgIpc) is 3.06. The summed E-state index contributed by atoms with van der Waals surface area (Å²) in [6, 6.07) is 11.9. The maximum absolute atomic E-state index is 13.2. The molecule has 0 atom stereocenters. The molecule has 1 aromatic heterocycles. The second-order valence-corrected chi connectivity index (χ2v) is 6.39. The Labute approximate surface area is 168 Å². The average molecular weight is 394 g/mol. The minimum Gasteiger partial charge on any atom is -0.493 e. The van der Waals surface area contributed by atoms with Crippen LogP contribution in [-0.4, -0.2) is 42.8 Å². The van der Waals surface area contributed by atoms with Crippen molar-refractivity contribution in [2.24, 2.45) is 0 Å². The van der Waals surface area contributed by atoms with Crippen LogP contribution >= 0.6 is 0 Å². The third-order valence-corrected chi connectivity index (χ3v) is 4.77. The van der Waals surface area contributed by atoms with Crippen molar-refractivity contribution >= 4 is 11.7 Å². The van der Waals surface area contributed by atoms with E-state index in [2.05, 4.69) is 5.10 Å². The van der Waals surface area contributed by atoms with Gasteiger partial charge in [0, 0.05) is 22.4 Å². The second-order valence-electron chi connectivity index (χ2n) is 6.39. The Hall–Kier alpha value is -3.61. The van der Waals surface area contributed by atoms with E-state index in [0.717, 1.165) is 0 Å². The molecule has 7 nitrogen and oxygen atoms in total. The summed E-state index contributed by atoms with van der Waals surface area (Å²) in [6.45, 7) is 3.53. The number of carbonyl (C=O) groups excluding carboxylic acids is 2. The molecule has 0 aliphatic heterocycles. The zero-order valence-electron chi connectivity index (χ0n) is 17.0. The number of ether oxygens (including phenoxy) is 3. The smallest absolute Gasteiger partial charge is 0.278 e. The number of benzene rings is 2. The molecule has 0 bridgehead atoms. The third-order valence-electron chi connectivity index (χ3n) is 4.77. The highest BCUT2D eigenvalue weighted by Crippen LogP contribution is 2.38. The van der Waals surface area contributed by atoms with Gasteiger partial charge in [-0.1, -0.05) is 18.2 Å². The molecule has 2 aromatic carbocycles. The van der Waals surface area contributed by atoms with E-state index in [4.69, 9.17) is 14.2 Å². The van der Waals surface area contributed by atoms with E-state index in [-0.39, 0.29) is 17.4 Å². The van der Waals surface area contributed by atoms with Crippen LogP contribution in [0.5, 0.6) is 17.2 Å². The Morgan fingerprint density at radius 1 is 0.862 bits per heavy atom. The SMILES string of the molecule is COc1cc(C(=O)c2nn(C(=O)c3ccccc3)c(C)c2C)cc(OC)c1OC. The Balaban J connectivity index is 2.06. The first-order chi connectivity index (χ1) is 13.9. The normalized spacial score (nSPS) is 10.5. The summed E-state index contributed by atoms with van der Waals surface area (Å²) in [5.41, 5.74) is 2.24. The lowest BCUT2D eigenvalue weighted by Gasteiger charge is -2.13. The first kappa shape index (κ1) is 20.1. The Morgan fingerprint density at radius 2 is 1.45 bits per heavy atom. The van der Waals surface area contributed by atoms with Crippen LogP contribution in [-0.2, 0) is 0 Å². The zero-order valence-corrected chi connectivity index (χ0v) is 17.0. The number of carbonyl (C=O) groups is 2. The molecule has 3 rings (SSSR count). The first-order valence-corrected chi connectivity index (χ1v) is 8.93. The minimum absolute atomic E-state index is 0.195. The van der Waals surface area contributed by atoms with Gasteiger partial charge in [-0.2, -0.15) is 5.10 Å². The number of aromatic nitrogens is 2. The fourth-order valence-corrected chi connectivity index (χ4v) is 3.05. The van der Waals surface area contributed by atoms with Gasteiger partial charge in [0.15, 0.2) is 11.5 Å². The Morgan fingerprint density at radius 3 is 1.97 bits per heavy atom. The molecular formula is C22H22N2O5. The summed E-state index contributed by atoms with van der Waals surface area (Å²) in [5, 5.41) is 4.32. The standard InChI is InChI=1S/C22H22N2O5/c1-13-14(2)24(22(26)15-9-7-6-8-10-15)23-19(13)20(25)16-11-17(27-3)21(29-5)18(12-16)28-4/h6-12H,1-5H3.